The molecule has 1 saturated carbocycles. The van der Waals surface area contributed by atoms with Crippen molar-refractivity contribution in [2.24, 2.45) is 11.8 Å². The molecule has 2 aromatic rings. The second-order valence-corrected chi connectivity index (χ2v) is 11.0. The summed E-state index contributed by atoms with van der Waals surface area (Å²) in [7, 11) is 0. The molecule has 3 aliphatic rings. The number of carbonyl (C=O) groups is 1. The summed E-state index contributed by atoms with van der Waals surface area (Å²) in [6, 6.07) is 12.8. The van der Waals surface area contributed by atoms with Crippen LogP contribution in [0.15, 0.2) is 30.3 Å². The van der Waals surface area contributed by atoms with Gasteiger partial charge in [-0.2, -0.15) is 18.4 Å². The smallest absolute Gasteiger partial charge is 0.391 e. The first-order valence-corrected chi connectivity index (χ1v) is 13.4. The fourth-order valence-electron chi connectivity index (χ4n) is 6.71. The largest absolute Gasteiger partial charge is 0.489 e. The van der Waals surface area contributed by atoms with E-state index in [2.05, 4.69) is 17.0 Å². The van der Waals surface area contributed by atoms with Crippen molar-refractivity contribution in [2.75, 3.05) is 6.54 Å². The van der Waals surface area contributed by atoms with Crippen molar-refractivity contribution >= 4 is 16.7 Å². The highest BCUT2D eigenvalue weighted by Crippen LogP contribution is 2.40. The van der Waals surface area contributed by atoms with E-state index in [4.69, 9.17) is 4.74 Å². The number of halogens is 3. The Hall–Kier alpha value is -2.79. The number of fused-ring (bicyclic) bond motifs is 3. The average molecular weight is 515 g/mol. The summed E-state index contributed by atoms with van der Waals surface area (Å²) in [5.74, 6) is -1.70. The lowest BCUT2D eigenvalue weighted by Gasteiger charge is -2.37. The van der Waals surface area contributed by atoms with Crippen LogP contribution in [0, 0.1) is 23.2 Å². The van der Waals surface area contributed by atoms with Crippen molar-refractivity contribution in [3.63, 3.8) is 0 Å². The Balaban J connectivity index is 1.23. The number of piperidine rings is 1. The van der Waals surface area contributed by atoms with E-state index >= 15 is 0 Å². The summed E-state index contributed by atoms with van der Waals surface area (Å²) in [6.07, 6.45) is 1.77. The molecule has 0 aromatic heterocycles. The maximum absolute atomic E-state index is 13.0. The van der Waals surface area contributed by atoms with Crippen LogP contribution in [-0.2, 0) is 11.2 Å². The average Bonchev–Trinajstić information content (AvgIpc) is 3.09. The summed E-state index contributed by atoms with van der Waals surface area (Å²) in [4.78, 5) is 13.9. The molecule has 2 aromatic carbocycles. The zero-order valence-corrected chi connectivity index (χ0v) is 20.8. The van der Waals surface area contributed by atoms with Crippen LogP contribution in [-0.4, -0.2) is 46.9 Å². The fraction of sp³-hybridized carbons (Fsp3) is 0.586. The minimum atomic E-state index is -4.16. The Labute approximate surface area is 215 Å². The van der Waals surface area contributed by atoms with Gasteiger partial charge in [0.15, 0.2) is 0 Å². The van der Waals surface area contributed by atoms with E-state index in [1.54, 1.807) is 6.07 Å². The Bertz CT molecular complexity index is 1170. The van der Waals surface area contributed by atoms with Crippen molar-refractivity contribution in [3.05, 3.63) is 41.5 Å². The molecule has 2 heterocycles. The van der Waals surface area contributed by atoms with Crippen LogP contribution in [0.5, 0.6) is 5.75 Å². The Morgan fingerprint density at radius 2 is 1.73 bits per heavy atom. The Morgan fingerprint density at radius 3 is 2.35 bits per heavy atom. The number of hydrogen-bond donors (Lipinski definition) is 1. The van der Waals surface area contributed by atoms with E-state index in [9.17, 15) is 28.3 Å². The first-order valence-electron chi connectivity index (χ1n) is 13.4. The molecule has 198 valence electrons. The second-order valence-electron chi connectivity index (χ2n) is 11.0. The number of aryl methyl sites for hydroxylation is 1. The number of carboxylic acid groups (broad SMARTS) is 1. The van der Waals surface area contributed by atoms with E-state index in [0.717, 1.165) is 61.4 Å². The van der Waals surface area contributed by atoms with Crippen LogP contribution in [0.1, 0.15) is 68.9 Å². The number of nitrogens with zero attached hydrogens (tertiary/aromatic N) is 2. The minimum absolute atomic E-state index is 0.0590. The lowest BCUT2D eigenvalue weighted by atomic mass is 9.87. The summed E-state index contributed by atoms with van der Waals surface area (Å²) >= 11 is 0. The molecule has 0 radical (unpaired) electrons. The van der Waals surface area contributed by atoms with E-state index in [1.807, 2.05) is 18.2 Å². The summed E-state index contributed by atoms with van der Waals surface area (Å²) in [5, 5.41) is 21.1. The van der Waals surface area contributed by atoms with Gasteiger partial charge in [0.1, 0.15) is 17.4 Å². The molecule has 2 aliphatic heterocycles. The molecule has 37 heavy (non-hydrogen) atoms. The molecule has 2 bridgehead atoms. The Morgan fingerprint density at radius 1 is 1.05 bits per heavy atom. The number of alkyl halides is 3. The van der Waals surface area contributed by atoms with Crippen molar-refractivity contribution in [1.29, 1.82) is 5.26 Å². The van der Waals surface area contributed by atoms with Crippen molar-refractivity contribution in [1.82, 2.24) is 4.90 Å². The van der Waals surface area contributed by atoms with E-state index in [1.165, 1.54) is 0 Å². The van der Waals surface area contributed by atoms with Gasteiger partial charge < -0.3 is 9.84 Å². The number of aliphatic carboxylic acids is 1. The van der Waals surface area contributed by atoms with Crippen LogP contribution < -0.4 is 4.74 Å². The molecule has 1 N–H and O–H groups in total. The number of ether oxygens (including phenoxy) is 1. The predicted octanol–water partition coefficient (Wildman–Crippen LogP) is 6.47. The second kappa shape index (κ2) is 10.5. The summed E-state index contributed by atoms with van der Waals surface area (Å²) in [6.45, 7) is 0.939. The molecule has 5 nitrogen and oxygen atoms in total. The summed E-state index contributed by atoms with van der Waals surface area (Å²) in [5.41, 5.74) is 1.56. The van der Waals surface area contributed by atoms with Gasteiger partial charge in [0.05, 0.1) is 17.9 Å². The number of carboxylic acids is 1. The zero-order valence-electron chi connectivity index (χ0n) is 20.8. The molecule has 2 unspecified atom stereocenters. The number of hydrogen-bond acceptors (Lipinski definition) is 4. The van der Waals surface area contributed by atoms with Gasteiger partial charge in [-0.3, -0.25) is 9.69 Å². The van der Waals surface area contributed by atoms with Gasteiger partial charge in [-0.25, -0.2) is 0 Å². The lowest BCUT2D eigenvalue weighted by molar-refractivity contribution is -0.185. The molecule has 0 spiro atoms. The van der Waals surface area contributed by atoms with E-state index in [-0.39, 0.29) is 24.9 Å². The Kier molecular flexibility index (Phi) is 7.35. The van der Waals surface area contributed by atoms with Gasteiger partial charge in [-0.1, -0.05) is 18.2 Å². The predicted molar refractivity (Wildman–Crippen MR) is 133 cm³/mol. The van der Waals surface area contributed by atoms with E-state index < -0.39 is 18.1 Å². The molecule has 2 saturated heterocycles. The minimum Gasteiger partial charge on any atom is -0.489 e. The van der Waals surface area contributed by atoms with E-state index in [0.29, 0.717) is 36.2 Å². The molecular formula is C29H33F3N2O3. The standard InChI is InChI=1S/C29H33F3N2O3/c30-29(31,32)21-6-10-24(11-7-21)37-27-12-5-19-4-3-18(14-25(19)26(27)17-33)2-1-13-34-22-8-9-23(34)16-20(15-22)28(35)36/h3-5,12,14,20-24H,1-2,6-11,13,15-16H2,(H,35,36)/t20?,21-,22?,23?,24+. The fourth-order valence-corrected chi connectivity index (χ4v) is 6.71. The number of benzene rings is 2. The quantitative estimate of drug-likeness (QED) is 0.458. The molecule has 0 amide bonds. The third-order valence-corrected chi connectivity index (χ3v) is 8.71. The first-order chi connectivity index (χ1) is 17.7. The number of nitriles is 1. The van der Waals surface area contributed by atoms with Crippen LogP contribution in [0.25, 0.3) is 10.8 Å². The van der Waals surface area contributed by atoms with Crippen molar-refractivity contribution in [3.8, 4) is 11.8 Å². The summed E-state index contributed by atoms with van der Waals surface area (Å²) < 4.78 is 45.1. The highest BCUT2D eigenvalue weighted by Gasteiger charge is 2.43. The van der Waals surface area contributed by atoms with Crippen LogP contribution in [0.3, 0.4) is 0 Å². The normalized spacial score (nSPS) is 28.2. The third kappa shape index (κ3) is 5.57. The SMILES string of the molecule is N#Cc1c(O[C@H]2CC[C@@H](C(F)(F)F)CC2)ccc2ccc(CCCN3C4CCC3CC(C(=O)O)C4)cc12. The monoisotopic (exact) mass is 514 g/mol. The first kappa shape index (κ1) is 25.8. The van der Waals surface area contributed by atoms with Crippen LogP contribution in [0.2, 0.25) is 0 Å². The van der Waals surface area contributed by atoms with Gasteiger partial charge in [-0.05, 0) is 93.8 Å². The molecule has 3 fully saturated rings. The molecule has 1 aliphatic carbocycles. The lowest BCUT2D eigenvalue weighted by Crippen LogP contribution is -2.45. The molecule has 2 atom stereocenters. The molecule has 5 rings (SSSR count). The maximum atomic E-state index is 13.0. The topological polar surface area (TPSA) is 73.6 Å². The molecular weight excluding hydrogens is 481 g/mol. The third-order valence-electron chi connectivity index (χ3n) is 8.71. The maximum Gasteiger partial charge on any atom is 0.391 e. The molecule has 8 heteroatoms. The van der Waals surface area contributed by atoms with Crippen molar-refractivity contribution in [2.45, 2.75) is 88.6 Å². The zero-order chi connectivity index (χ0) is 26.2. The van der Waals surface area contributed by atoms with Gasteiger partial charge in [-0.15, -0.1) is 0 Å². The van der Waals surface area contributed by atoms with Gasteiger partial charge >= 0.3 is 12.1 Å². The highest BCUT2D eigenvalue weighted by molar-refractivity contribution is 5.90. The highest BCUT2D eigenvalue weighted by atomic mass is 19.4. The van der Waals surface area contributed by atoms with Crippen molar-refractivity contribution < 1.29 is 27.8 Å². The van der Waals surface area contributed by atoms with Gasteiger partial charge in [0, 0.05) is 17.5 Å². The van der Waals surface area contributed by atoms with Crippen LogP contribution in [0.4, 0.5) is 13.2 Å². The van der Waals surface area contributed by atoms with Crippen LogP contribution >= 0.6 is 0 Å². The van der Waals surface area contributed by atoms with Gasteiger partial charge in [0.25, 0.3) is 0 Å². The van der Waals surface area contributed by atoms with Gasteiger partial charge in [0.2, 0.25) is 0 Å². The number of rotatable bonds is 7.